The van der Waals surface area contributed by atoms with E-state index in [0.29, 0.717) is 17.6 Å². The number of rotatable bonds is 5. The van der Waals surface area contributed by atoms with Crippen LogP contribution in [-0.4, -0.2) is 23.6 Å². The first kappa shape index (κ1) is 20.0. The SMILES string of the molecule is CC(C)=C(C)CNC(=S)Nc1ccc2occ3c2c1CC(C(=O)NC1CCC1)C3. The lowest BCUT2D eigenvalue weighted by atomic mass is 9.82. The smallest absolute Gasteiger partial charge is 0.223 e. The number of allylic oxidation sites excluding steroid dienone is 1. The number of carbonyl (C=O) groups is 1. The molecule has 29 heavy (non-hydrogen) atoms. The number of hydrogen-bond acceptors (Lipinski definition) is 3. The largest absolute Gasteiger partial charge is 0.464 e. The third-order valence-electron chi connectivity index (χ3n) is 6.28. The summed E-state index contributed by atoms with van der Waals surface area (Å²) in [5.41, 5.74) is 6.62. The van der Waals surface area contributed by atoms with E-state index in [2.05, 4.69) is 36.7 Å². The van der Waals surface area contributed by atoms with Gasteiger partial charge in [0.05, 0.1) is 6.26 Å². The van der Waals surface area contributed by atoms with Gasteiger partial charge < -0.3 is 20.4 Å². The van der Waals surface area contributed by atoms with E-state index < -0.39 is 0 Å². The molecule has 1 fully saturated rings. The highest BCUT2D eigenvalue weighted by atomic mass is 32.1. The Kier molecular flexibility index (Phi) is 5.63. The van der Waals surface area contributed by atoms with Gasteiger partial charge in [0.2, 0.25) is 5.91 Å². The molecule has 5 nitrogen and oxygen atoms in total. The lowest BCUT2D eigenvalue weighted by molar-refractivity contribution is -0.126. The fraction of sp³-hybridized carbons (Fsp3) is 0.478. The topological polar surface area (TPSA) is 66.3 Å². The molecule has 4 rings (SSSR count). The van der Waals surface area contributed by atoms with E-state index in [4.69, 9.17) is 16.6 Å². The highest BCUT2D eigenvalue weighted by molar-refractivity contribution is 7.80. The highest BCUT2D eigenvalue weighted by Crippen LogP contribution is 2.38. The van der Waals surface area contributed by atoms with Gasteiger partial charge in [-0.3, -0.25) is 4.79 Å². The Morgan fingerprint density at radius 2 is 2.00 bits per heavy atom. The van der Waals surface area contributed by atoms with Crippen LogP contribution in [0.4, 0.5) is 5.69 Å². The van der Waals surface area contributed by atoms with Gasteiger partial charge in [-0.2, -0.15) is 0 Å². The fourth-order valence-electron chi connectivity index (χ4n) is 3.95. The van der Waals surface area contributed by atoms with Crippen LogP contribution in [0.15, 0.2) is 34.0 Å². The number of furan rings is 1. The molecule has 1 saturated carbocycles. The minimum atomic E-state index is -0.0682. The predicted octanol–water partition coefficient (Wildman–Crippen LogP) is 4.46. The summed E-state index contributed by atoms with van der Waals surface area (Å²) in [6, 6.07) is 4.33. The summed E-state index contributed by atoms with van der Waals surface area (Å²) in [6.07, 6.45) is 6.64. The van der Waals surface area contributed by atoms with Gasteiger partial charge in [0.15, 0.2) is 5.11 Å². The number of benzene rings is 1. The molecule has 154 valence electrons. The van der Waals surface area contributed by atoms with Gasteiger partial charge >= 0.3 is 0 Å². The first-order chi connectivity index (χ1) is 13.9. The Morgan fingerprint density at radius 3 is 2.69 bits per heavy atom. The van der Waals surface area contributed by atoms with Gasteiger partial charge in [0.1, 0.15) is 5.58 Å². The van der Waals surface area contributed by atoms with Crippen molar-refractivity contribution in [2.45, 2.75) is 58.9 Å². The molecule has 0 spiro atoms. The summed E-state index contributed by atoms with van der Waals surface area (Å²) in [6.45, 7) is 7.01. The molecular formula is C23H29N3O2S. The molecule has 1 amide bonds. The van der Waals surface area contributed by atoms with Gasteiger partial charge in [-0.05, 0) is 88.4 Å². The van der Waals surface area contributed by atoms with E-state index in [0.717, 1.165) is 53.6 Å². The summed E-state index contributed by atoms with van der Waals surface area (Å²) in [5, 5.41) is 11.6. The molecule has 1 aromatic heterocycles. The standard InChI is InChI=1S/C23H29N3O2S/c1-13(2)14(3)11-24-23(29)26-19-7-8-20-21-16(12-28-20)9-15(10-18(19)21)22(27)25-17-5-4-6-17/h7-8,12,15,17H,4-6,9-11H2,1-3H3,(H,25,27)(H2,24,26,29). The van der Waals surface area contributed by atoms with Crippen molar-refractivity contribution in [1.29, 1.82) is 0 Å². The molecule has 1 heterocycles. The zero-order chi connectivity index (χ0) is 20.5. The van der Waals surface area contributed by atoms with Crippen molar-refractivity contribution in [2.24, 2.45) is 5.92 Å². The van der Waals surface area contributed by atoms with E-state index in [1.165, 1.54) is 17.6 Å². The molecule has 2 aromatic rings. The van der Waals surface area contributed by atoms with Gasteiger partial charge in [-0.1, -0.05) is 11.1 Å². The maximum absolute atomic E-state index is 12.8. The van der Waals surface area contributed by atoms with Crippen LogP contribution in [0.3, 0.4) is 0 Å². The Labute approximate surface area is 177 Å². The van der Waals surface area contributed by atoms with E-state index in [1.54, 1.807) is 6.26 Å². The molecule has 0 aliphatic heterocycles. The van der Waals surface area contributed by atoms with Crippen LogP contribution in [0, 0.1) is 5.92 Å². The minimum absolute atomic E-state index is 0.0682. The van der Waals surface area contributed by atoms with Gasteiger partial charge in [-0.25, -0.2) is 0 Å². The predicted molar refractivity (Wildman–Crippen MR) is 121 cm³/mol. The zero-order valence-corrected chi connectivity index (χ0v) is 18.2. The summed E-state index contributed by atoms with van der Waals surface area (Å²) in [5.74, 6) is 0.0886. The summed E-state index contributed by atoms with van der Waals surface area (Å²) in [4.78, 5) is 12.8. The Bertz CT molecular complexity index is 983. The lowest BCUT2D eigenvalue weighted by Crippen LogP contribution is -2.44. The first-order valence-corrected chi connectivity index (χ1v) is 10.8. The van der Waals surface area contributed by atoms with Crippen molar-refractivity contribution < 1.29 is 9.21 Å². The third-order valence-corrected chi connectivity index (χ3v) is 6.53. The van der Waals surface area contributed by atoms with Crippen LogP contribution in [0.25, 0.3) is 11.0 Å². The summed E-state index contributed by atoms with van der Waals surface area (Å²) in [7, 11) is 0. The second-order valence-electron chi connectivity index (χ2n) is 8.56. The number of hydrogen-bond donors (Lipinski definition) is 3. The molecule has 1 unspecified atom stereocenters. The van der Waals surface area contributed by atoms with Crippen LogP contribution in [-0.2, 0) is 17.6 Å². The first-order valence-electron chi connectivity index (χ1n) is 10.4. The number of nitrogens with one attached hydrogen (secondary N) is 3. The van der Waals surface area contributed by atoms with Gasteiger partial charge in [0, 0.05) is 29.6 Å². The summed E-state index contributed by atoms with van der Waals surface area (Å²) >= 11 is 5.52. The quantitative estimate of drug-likeness (QED) is 0.501. The van der Waals surface area contributed by atoms with Crippen molar-refractivity contribution in [3.05, 3.63) is 40.7 Å². The monoisotopic (exact) mass is 411 g/mol. The Morgan fingerprint density at radius 1 is 1.21 bits per heavy atom. The molecule has 1 aromatic carbocycles. The minimum Gasteiger partial charge on any atom is -0.464 e. The number of thiocarbonyl (C=S) groups is 1. The molecule has 2 aliphatic carbocycles. The van der Waals surface area contributed by atoms with Crippen molar-refractivity contribution in [1.82, 2.24) is 10.6 Å². The maximum Gasteiger partial charge on any atom is 0.223 e. The lowest BCUT2D eigenvalue weighted by Gasteiger charge is -2.30. The zero-order valence-electron chi connectivity index (χ0n) is 17.4. The van der Waals surface area contributed by atoms with Crippen molar-refractivity contribution >= 4 is 39.9 Å². The molecule has 2 aliphatic rings. The maximum atomic E-state index is 12.8. The number of carbonyl (C=O) groups excluding carboxylic acids is 1. The van der Waals surface area contributed by atoms with Crippen LogP contribution in [0.5, 0.6) is 0 Å². The van der Waals surface area contributed by atoms with Crippen LogP contribution in [0.2, 0.25) is 0 Å². The van der Waals surface area contributed by atoms with E-state index in [1.807, 2.05) is 12.1 Å². The third kappa shape index (κ3) is 4.17. The molecule has 0 saturated heterocycles. The molecular weight excluding hydrogens is 382 g/mol. The van der Waals surface area contributed by atoms with E-state index in [-0.39, 0.29) is 11.8 Å². The van der Waals surface area contributed by atoms with E-state index >= 15 is 0 Å². The van der Waals surface area contributed by atoms with Crippen molar-refractivity contribution in [2.75, 3.05) is 11.9 Å². The fourth-order valence-corrected chi connectivity index (χ4v) is 4.13. The van der Waals surface area contributed by atoms with Crippen molar-refractivity contribution in [3.8, 4) is 0 Å². The molecule has 3 N–H and O–H groups in total. The molecule has 0 radical (unpaired) electrons. The van der Waals surface area contributed by atoms with Gasteiger partial charge in [-0.15, -0.1) is 0 Å². The number of anilines is 1. The van der Waals surface area contributed by atoms with Crippen LogP contribution < -0.4 is 16.0 Å². The Hall–Kier alpha value is -2.34. The molecule has 0 bridgehead atoms. The normalized spacial score (nSPS) is 18.1. The average molecular weight is 412 g/mol. The highest BCUT2D eigenvalue weighted by Gasteiger charge is 2.31. The summed E-state index contributed by atoms with van der Waals surface area (Å²) < 4.78 is 5.75. The molecule has 1 atom stereocenters. The second-order valence-corrected chi connectivity index (χ2v) is 8.96. The van der Waals surface area contributed by atoms with E-state index in [9.17, 15) is 4.79 Å². The Balaban J connectivity index is 1.52. The van der Waals surface area contributed by atoms with Crippen molar-refractivity contribution in [3.63, 3.8) is 0 Å². The van der Waals surface area contributed by atoms with Crippen LogP contribution >= 0.6 is 12.2 Å². The number of amides is 1. The van der Waals surface area contributed by atoms with Gasteiger partial charge in [0.25, 0.3) is 0 Å². The molecule has 6 heteroatoms. The second kappa shape index (κ2) is 8.19. The average Bonchev–Trinajstić information content (AvgIpc) is 3.08. The van der Waals surface area contributed by atoms with Crippen LogP contribution in [0.1, 0.15) is 51.2 Å².